The van der Waals surface area contributed by atoms with Crippen molar-refractivity contribution in [2.75, 3.05) is 0 Å². The molecule has 18 heavy (non-hydrogen) atoms. The van der Waals surface area contributed by atoms with Crippen molar-refractivity contribution in [3.05, 3.63) is 28.2 Å². The first-order chi connectivity index (χ1) is 8.27. The molecule has 1 N–H and O–H groups in total. The van der Waals surface area contributed by atoms with E-state index in [0.29, 0.717) is 11.0 Å². The van der Waals surface area contributed by atoms with Crippen LogP contribution in [0.3, 0.4) is 0 Å². The van der Waals surface area contributed by atoms with E-state index < -0.39 is 18.3 Å². The van der Waals surface area contributed by atoms with Gasteiger partial charge in [0.2, 0.25) is 5.56 Å². The second-order valence-electron chi connectivity index (χ2n) is 5.40. The number of aromatic amines is 1. The van der Waals surface area contributed by atoms with Crippen LogP contribution >= 0.6 is 0 Å². The average Bonchev–Trinajstić information content (AvgIpc) is 2.48. The number of hydrogen-bond acceptors (Lipinski definition) is 3. The molecule has 0 bridgehead atoms. The van der Waals surface area contributed by atoms with Gasteiger partial charge in [0.05, 0.1) is 11.2 Å². The molecule has 0 atom stereocenters. The van der Waals surface area contributed by atoms with Gasteiger partial charge < -0.3 is 14.3 Å². The first-order valence-corrected chi connectivity index (χ1v) is 5.82. The predicted octanol–water partition coefficient (Wildman–Crippen LogP) is 0.655. The number of terminal acetylenes is 1. The van der Waals surface area contributed by atoms with Crippen molar-refractivity contribution in [2.45, 2.75) is 38.9 Å². The van der Waals surface area contributed by atoms with Crippen molar-refractivity contribution in [3.8, 4) is 12.3 Å². The lowest BCUT2D eigenvalue weighted by atomic mass is 9.77. The maximum absolute atomic E-state index is 11.4. The summed E-state index contributed by atoms with van der Waals surface area (Å²) < 4.78 is 11.8. The number of H-pyrrole nitrogens is 1. The lowest BCUT2D eigenvalue weighted by Gasteiger charge is -2.32. The molecule has 5 heteroatoms. The third kappa shape index (κ3) is 1.98. The van der Waals surface area contributed by atoms with Crippen LogP contribution in [0.2, 0.25) is 0 Å². The predicted molar refractivity (Wildman–Crippen MR) is 70.7 cm³/mol. The normalized spacial score (nSPS) is 20.7. The molecule has 1 fully saturated rings. The summed E-state index contributed by atoms with van der Waals surface area (Å²) in [5.41, 5.74) is 0.0462. The van der Waals surface area contributed by atoms with Gasteiger partial charge in [0.1, 0.15) is 0 Å². The highest BCUT2D eigenvalue weighted by molar-refractivity contribution is 6.62. The Balaban J connectivity index is 2.44. The fourth-order valence-electron chi connectivity index (χ4n) is 1.78. The molecular weight excluding hydrogens is 229 g/mol. The highest BCUT2D eigenvalue weighted by Crippen LogP contribution is 2.36. The summed E-state index contributed by atoms with van der Waals surface area (Å²) in [6.07, 6.45) is 6.92. The van der Waals surface area contributed by atoms with Crippen LogP contribution in [-0.4, -0.2) is 23.3 Å². The molecule has 1 aromatic rings. The van der Waals surface area contributed by atoms with Crippen LogP contribution in [-0.2, 0) is 9.31 Å². The maximum Gasteiger partial charge on any atom is 0.496 e. The Morgan fingerprint density at radius 1 is 1.28 bits per heavy atom. The minimum absolute atomic E-state index is 0.223. The molecule has 0 saturated carbocycles. The summed E-state index contributed by atoms with van der Waals surface area (Å²) in [7, 11) is -0.608. The Hall–Kier alpha value is -1.51. The van der Waals surface area contributed by atoms with Crippen molar-refractivity contribution >= 4 is 12.6 Å². The van der Waals surface area contributed by atoms with Crippen molar-refractivity contribution < 1.29 is 9.31 Å². The lowest BCUT2D eigenvalue weighted by Crippen LogP contribution is -2.41. The van der Waals surface area contributed by atoms with E-state index in [1.54, 1.807) is 0 Å². The number of rotatable bonds is 1. The first-order valence-electron chi connectivity index (χ1n) is 5.82. The molecule has 1 aliphatic rings. The van der Waals surface area contributed by atoms with Gasteiger partial charge in [0.15, 0.2) is 0 Å². The van der Waals surface area contributed by atoms with Gasteiger partial charge in [-0.15, -0.1) is 6.42 Å². The SMILES string of the molecule is C#Cc1c[nH]c(=O)cc1B1OC(C)(C)C(C)(C)O1. The van der Waals surface area contributed by atoms with Crippen LogP contribution < -0.4 is 11.0 Å². The molecule has 0 aromatic carbocycles. The molecule has 0 radical (unpaired) electrons. The standard InChI is InChI=1S/C13H16BNO3/c1-6-9-8-15-11(16)7-10(9)14-17-12(2,3)13(4,5)18-14/h1,7-8H,2-5H3,(H,15,16). The Kier molecular flexibility index (Phi) is 2.88. The Bertz CT molecular complexity index is 552. The fraction of sp³-hybridized carbons (Fsp3) is 0.462. The summed E-state index contributed by atoms with van der Waals surface area (Å²) >= 11 is 0. The number of nitrogens with one attached hydrogen (secondary N) is 1. The maximum atomic E-state index is 11.4. The van der Waals surface area contributed by atoms with Gasteiger partial charge in [-0.1, -0.05) is 5.92 Å². The third-order valence-corrected chi connectivity index (χ3v) is 3.62. The van der Waals surface area contributed by atoms with E-state index in [1.165, 1.54) is 12.3 Å². The highest BCUT2D eigenvalue weighted by atomic mass is 16.7. The first kappa shape index (κ1) is 12.9. The van der Waals surface area contributed by atoms with Crippen LogP contribution in [0.4, 0.5) is 0 Å². The Morgan fingerprint density at radius 3 is 2.33 bits per heavy atom. The molecule has 1 saturated heterocycles. The Morgan fingerprint density at radius 2 is 1.83 bits per heavy atom. The van der Waals surface area contributed by atoms with Crippen LogP contribution in [0.5, 0.6) is 0 Å². The van der Waals surface area contributed by atoms with Gasteiger partial charge in [0, 0.05) is 23.3 Å². The summed E-state index contributed by atoms with van der Waals surface area (Å²) in [5, 5.41) is 0. The van der Waals surface area contributed by atoms with Gasteiger partial charge in [-0.2, -0.15) is 0 Å². The second kappa shape index (κ2) is 4.01. The summed E-state index contributed by atoms with van der Waals surface area (Å²) in [4.78, 5) is 13.9. The largest absolute Gasteiger partial charge is 0.496 e. The molecule has 0 aliphatic carbocycles. The van der Waals surface area contributed by atoms with E-state index in [0.717, 1.165) is 0 Å². The third-order valence-electron chi connectivity index (χ3n) is 3.62. The van der Waals surface area contributed by atoms with Crippen LogP contribution in [0.25, 0.3) is 0 Å². The molecule has 0 unspecified atom stereocenters. The van der Waals surface area contributed by atoms with Gasteiger partial charge in [0.25, 0.3) is 0 Å². The van der Waals surface area contributed by atoms with Gasteiger partial charge in [-0.05, 0) is 27.7 Å². The van der Waals surface area contributed by atoms with E-state index in [-0.39, 0.29) is 5.56 Å². The smallest absolute Gasteiger partial charge is 0.399 e. The average molecular weight is 245 g/mol. The quantitative estimate of drug-likeness (QED) is 0.584. The lowest BCUT2D eigenvalue weighted by molar-refractivity contribution is 0.00578. The topological polar surface area (TPSA) is 51.3 Å². The summed E-state index contributed by atoms with van der Waals surface area (Å²) in [6.45, 7) is 7.82. The zero-order chi connectivity index (χ0) is 13.6. The number of pyridine rings is 1. The van der Waals surface area contributed by atoms with Crippen LogP contribution in [0.1, 0.15) is 33.3 Å². The molecular formula is C13H16BNO3. The van der Waals surface area contributed by atoms with Gasteiger partial charge in [-0.3, -0.25) is 4.79 Å². The van der Waals surface area contributed by atoms with Crippen molar-refractivity contribution in [3.63, 3.8) is 0 Å². The molecule has 4 nitrogen and oxygen atoms in total. The minimum atomic E-state index is -0.608. The van der Waals surface area contributed by atoms with Gasteiger partial charge in [-0.25, -0.2) is 0 Å². The minimum Gasteiger partial charge on any atom is -0.399 e. The summed E-state index contributed by atoms with van der Waals surface area (Å²) in [5.74, 6) is 2.52. The fourth-order valence-corrected chi connectivity index (χ4v) is 1.78. The molecule has 2 heterocycles. The summed E-state index contributed by atoms with van der Waals surface area (Å²) in [6, 6.07) is 1.43. The number of aromatic nitrogens is 1. The van der Waals surface area contributed by atoms with E-state index in [4.69, 9.17) is 15.7 Å². The Labute approximate surface area is 107 Å². The molecule has 94 valence electrons. The molecule has 0 spiro atoms. The zero-order valence-corrected chi connectivity index (χ0v) is 11.0. The van der Waals surface area contributed by atoms with Crippen molar-refractivity contribution in [1.29, 1.82) is 0 Å². The molecule has 1 aromatic heterocycles. The second-order valence-corrected chi connectivity index (χ2v) is 5.40. The van der Waals surface area contributed by atoms with Crippen LogP contribution in [0, 0.1) is 12.3 Å². The van der Waals surface area contributed by atoms with E-state index in [2.05, 4.69) is 10.9 Å². The van der Waals surface area contributed by atoms with Crippen molar-refractivity contribution in [1.82, 2.24) is 4.98 Å². The highest BCUT2D eigenvalue weighted by Gasteiger charge is 2.52. The zero-order valence-electron chi connectivity index (χ0n) is 11.0. The monoisotopic (exact) mass is 245 g/mol. The molecule has 2 rings (SSSR count). The number of hydrogen-bond donors (Lipinski definition) is 1. The molecule has 0 amide bonds. The van der Waals surface area contributed by atoms with E-state index in [1.807, 2.05) is 27.7 Å². The van der Waals surface area contributed by atoms with E-state index >= 15 is 0 Å². The molecule has 1 aliphatic heterocycles. The van der Waals surface area contributed by atoms with Crippen LogP contribution in [0.15, 0.2) is 17.1 Å². The van der Waals surface area contributed by atoms with E-state index in [9.17, 15) is 4.79 Å². The van der Waals surface area contributed by atoms with Crippen molar-refractivity contribution in [2.24, 2.45) is 0 Å². The van der Waals surface area contributed by atoms with Gasteiger partial charge >= 0.3 is 7.12 Å².